The van der Waals surface area contributed by atoms with Gasteiger partial charge in [-0.2, -0.15) is 0 Å². The van der Waals surface area contributed by atoms with Crippen molar-refractivity contribution in [2.24, 2.45) is 0 Å². The van der Waals surface area contributed by atoms with Gasteiger partial charge in [0.25, 0.3) is 0 Å². The number of nitrogens with one attached hydrogen (secondary N) is 1. The highest BCUT2D eigenvalue weighted by molar-refractivity contribution is 7.09. The van der Waals surface area contributed by atoms with Gasteiger partial charge in [-0.05, 0) is 24.3 Å². The molecule has 19 heavy (non-hydrogen) atoms. The SMILES string of the molecule is COC(=O)C1(NCc2cccs2)CCCCC1OC. The zero-order valence-electron chi connectivity index (χ0n) is 11.5. The van der Waals surface area contributed by atoms with E-state index in [1.54, 1.807) is 18.4 Å². The molecule has 2 rings (SSSR count). The quantitative estimate of drug-likeness (QED) is 0.843. The smallest absolute Gasteiger partial charge is 0.328 e. The van der Waals surface area contributed by atoms with Gasteiger partial charge < -0.3 is 9.47 Å². The topological polar surface area (TPSA) is 47.6 Å². The van der Waals surface area contributed by atoms with E-state index < -0.39 is 5.54 Å². The van der Waals surface area contributed by atoms with Crippen LogP contribution in [0.3, 0.4) is 0 Å². The van der Waals surface area contributed by atoms with E-state index in [1.807, 2.05) is 11.4 Å². The number of rotatable bonds is 5. The summed E-state index contributed by atoms with van der Waals surface area (Å²) < 4.78 is 10.6. The van der Waals surface area contributed by atoms with Crippen LogP contribution in [0.25, 0.3) is 0 Å². The van der Waals surface area contributed by atoms with Crippen LogP contribution >= 0.6 is 11.3 Å². The van der Waals surface area contributed by atoms with E-state index in [4.69, 9.17) is 9.47 Å². The number of carbonyl (C=O) groups is 1. The Labute approximate surface area is 118 Å². The fourth-order valence-corrected chi connectivity index (χ4v) is 3.45. The first-order valence-electron chi connectivity index (χ1n) is 6.61. The lowest BCUT2D eigenvalue weighted by atomic mass is 9.79. The molecule has 0 bridgehead atoms. The second kappa shape index (κ2) is 6.50. The molecule has 5 heteroatoms. The van der Waals surface area contributed by atoms with Gasteiger partial charge in [-0.1, -0.05) is 18.9 Å². The Hall–Kier alpha value is -0.910. The lowest BCUT2D eigenvalue weighted by Crippen LogP contribution is -2.62. The number of hydrogen-bond donors (Lipinski definition) is 1. The summed E-state index contributed by atoms with van der Waals surface area (Å²) in [5.41, 5.74) is -0.703. The molecule has 0 saturated heterocycles. The monoisotopic (exact) mass is 283 g/mol. The molecule has 1 saturated carbocycles. The van der Waals surface area contributed by atoms with Gasteiger partial charge in [-0.25, -0.2) is 4.79 Å². The first-order chi connectivity index (χ1) is 9.23. The Morgan fingerprint density at radius 1 is 1.53 bits per heavy atom. The predicted octanol–water partition coefficient (Wildman–Crippen LogP) is 2.34. The van der Waals surface area contributed by atoms with Crippen LogP contribution in [0.15, 0.2) is 17.5 Å². The number of carbonyl (C=O) groups excluding carboxylic acids is 1. The predicted molar refractivity (Wildman–Crippen MR) is 75.2 cm³/mol. The lowest BCUT2D eigenvalue weighted by molar-refractivity contribution is -0.158. The van der Waals surface area contributed by atoms with Crippen LogP contribution in [0.2, 0.25) is 0 Å². The van der Waals surface area contributed by atoms with Crippen LogP contribution in [-0.4, -0.2) is 31.8 Å². The molecule has 0 aliphatic heterocycles. The summed E-state index contributed by atoms with van der Waals surface area (Å²) in [6.07, 6.45) is 3.66. The van der Waals surface area contributed by atoms with E-state index in [9.17, 15) is 4.79 Å². The summed E-state index contributed by atoms with van der Waals surface area (Å²) in [6.45, 7) is 0.673. The van der Waals surface area contributed by atoms with E-state index in [1.165, 1.54) is 12.0 Å². The van der Waals surface area contributed by atoms with Crippen molar-refractivity contribution in [2.75, 3.05) is 14.2 Å². The highest BCUT2D eigenvalue weighted by atomic mass is 32.1. The molecule has 1 fully saturated rings. The minimum Gasteiger partial charge on any atom is -0.468 e. The second-order valence-corrected chi connectivity index (χ2v) is 5.90. The van der Waals surface area contributed by atoms with Gasteiger partial charge in [0.1, 0.15) is 5.54 Å². The highest BCUT2D eigenvalue weighted by Gasteiger charge is 2.48. The van der Waals surface area contributed by atoms with Gasteiger partial charge in [-0.15, -0.1) is 11.3 Å². The molecule has 0 radical (unpaired) electrons. The molecular formula is C14H21NO3S. The third-order valence-corrected chi connectivity index (χ3v) is 4.71. The van der Waals surface area contributed by atoms with Crippen molar-refractivity contribution >= 4 is 17.3 Å². The van der Waals surface area contributed by atoms with Crippen LogP contribution in [0.1, 0.15) is 30.6 Å². The molecule has 1 aromatic rings. The van der Waals surface area contributed by atoms with Crippen LogP contribution < -0.4 is 5.32 Å². The minimum atomic E-state index is -0.703. The van der Waals surface area contributed by atoms with Gasteiger partial charge in [0, 0.05) is 18.5 Å². The van der Waals surface area contributed by atoms with E-state index >= 15 is 0 Å². The molecule has 106 valence electrons. The molecule has 4 nitrogen and oxygen atoms in total. The summed E-state index contributed by atoms with van der Waals surface area (Å²) >= 11 is 1.68. The number of ether oxygens (including phenoxy) is 2. The molecule has 1 aliphatic rings. The fraction of sp³-hybridized carbons (Fsp3) is 0.643. The number of methoxy groups -OCH3 is 2. The lowest BCUT2D eigenvalue weighted by Gasteiger charge is -2.41. The Morgan fingerprint density at radius 2 is 2.37 bits per heavy atom. The standard InChI is InChI=1S/C14H21NO3S/c1-17-12-7-3-4-8-14(12,13(16)18-2)15-10-11-6-5-9-19-11/h5-6,9,12,15H,3-4,7-8,10H2,1-2H3. The zero-order valence-corrected chi connectivity index (χ0v) is 12.3. The van der Waals surface area contributed by atoms with Crippen molar-refractivity contribution < 1.29 is 14.3 Å². The third kappa shape index (κ3) is 2.99. The Balaban J connectivity index is 2.15. The molecule has 1 aromatic heterocycles. The number of hydrogen-bond acceptors (Lipinski definition) is 5. The van der Waals surface area contributed by atoms with Gasteiger partial charge in [-0.3, -0.25) is 5.32 Å². The molecule has 0 spiro atoms. The number of esters is 1. The molecule has 1 N–H and O–H groups in total. The Morgan fingerprint density at radius 3 is 3.00 bits per heavy atom. The van der Waals surface area contributed by atoms with Gasteiger partial charge in [0.2, 0.25) is 0 Å². The van der Waals surface area contributed by atoms with Crippen molar-refractivity contribution in [1.29, 1.82) is 0 Å². The Kier molecular flexibility index (Phi) is 4.96. The molecule has 0 amide bonds. The first kappa shape index (κ1) is 14.5. The van der Waals surface area contributed by atoms with Crippen molar-refractivity contribution in [3.8, 4) is 0 Å². The second-order valence-electron chi connectivity index (χ2n) is 4.87. The van der Waals surface area contributed by atoms with E-state index in [-0.39, 0.29) is 12.1 Å². The largest absolute Gasteiger partial charge is 0.468 e. The average Bonchev–Trinajstić information content (AvgIpc) is 2.97. The normalized spacial score (nSPS) is 27.2. The van der Waals surface area contributed by atoms with Crippen molar-refractivity contribution in [2.45, 2.75) is 43.9 Å². The van der Waals surface area contributed by atoms with Crippen molar-refractivity contribution in [3.05, 3.63) is 22.4 Å². The highest BCUT2D eigenvalue weighted by Crippen LogP contribution is 2.32. The summed E-state index contributed by atoms with van der Waals surface area (Å²) in [5, 5.41) is 5.44. The zero-order chi connectivity index (χ0) is 13.7. The van der Waals surface area contributed by atoms with Gasteiger partial charge in [0.15, 0.2) is 0 Å². The third-order valence-electron chi connectivity index (χ3n) is 3.83. The van der Waals surface area contributed by atoms with Crippen LogP contribution in [0.4, 0.5) is 0 Å². The van der Waals surface area contributed by atoms with Crippen molar-refractivity contribution in [1.82, 2.24) is 5.32 Å². The molecule has 2 unspecified atom stereocenters. The average molecular weight is 283 g/mol. The maximum absolute atomic E-state index is 12.3. The number of thiophene rings is 1. The first-order valence-corrected chi connectivity index (χ1v) is 7.49. The van der Waals surface area contributed by atoms with Crippen LogP contribution in [0.5, 0.6) is 0 Å². The molecule has 1 heterocycles. The fourth-order valence-electron chi connectivity index (χ4n) is 2.81. The molecule has 1 aliphatic carbocycles. The van der Waals surface area contributed by atoms with E-state index in [2.05, 4.69) is 11.4 Å². The Bertz CT molecular complexity index is 407. The van der Waals surface area contributed by atoms with Crippen LogP contribution in [-0.2, 0) is 20.8 Å². The van der Waals surface area contributed by atoms with Crippen molar-refractivity contribution in [3.63, 3.8) is 0 Å². The molecular weight excluding hydrogens is 262 g/mol. The van der Waals surface area contributed by atoms with Crippen LogP contribution in [0, 0.1) is 0 Å². The summed E-state index contributed by atoms with van der Waals surface area (Å²) in [6, 6.07) is 4.08. The van der Waals surface area contributed by atoms with E-state index in [0.717, 1.165) is 25.7 Å². The molecule has 2 atom stereocenters. The maximum Gasteiger partial charge on any atom is 0.328 e. The maximum atomic E-state index is 12.3. The molecule has 0 aromatic carbocycles. The van der Waals surface area contributed by atoms with E-state index in [0.29, 0.717) is 6.54 Å². The summed E-state index contributed by atoms with van der Waals surface area (Å²) in [7, 11) is 3.11. The summed E-state index contributed by atoms with van der Waals surface area (Å²) in [4.78, 5) is 13.5. The minimum absolute atomic E-state index is 0.117. The van der Waals surface area contributed by atoms with Gasteiger partial charge >= 0.3 is 5.97 Å². The van der Waals surface area contributed by atoms with Gasteiger partial charge in [0.05, 0.1) is 13.2 Å². The summed E-state index contributed by atoms with van der Waals surface area (Å²) in [5.74, 6) is -0.212.